The molecule has 5 nitrogen and oxygen atoms in total. The van der Waals surface area contributed by atoms with Gasteiger partial charge >= 0.3 is 0 Å². The number of para-hydroxylation sites is 1. The molecule has 1 N–H and O–H groups in total. The number of carbonyl (C=O) groups excluding carboxylic acids is 1. The van der Waals surface area contributed by atoms with Crippen molar-refractivity contribution in [2.75, 3.05) is 19.6 Å². The average Bonchev–Trinajstić information content (AvgIpc) is 3.28. The van der Waals surface area contributed by atoms with Crippen molar-refractivity contribution in [3.05, 3.63) is 81.7 Å². The summed E-state index contributed by atoms with van der Waals surface area (Å²) in [6.45, 7) is 9.12. The first-order valence-electron chi connectivity index (χ1n) is 11.0. The molecule has 5 heteroatoms. The minimum atomic E-state index is -0.363. The molecule has 1 atom stereocenters. The summed E-state index contributed by atoms with van der Waals surface area (Å²) in [7, 11) is 0. The van der Waals surface area contributed by atoms with Gasteiger partial charge in [0.1, 0.15) is 5.58 Å². The molecule has 2 heterocycles. The molecule has 1 aliphatic rings. The predicted octanol–water partition coefficient (Wildman–Crippen LogP) is 4.66. The van der Waals surface area contributed by atoms with E-state index in [1.165, 1.54) is 30.0 Å². The van der Waals surface area contributed by atoms with E-state index < -0.39 is 0 Å². The van der Waals surface area contributed by atoms with Gasteiger partial charge in [0.25, 0.3) is 5.91 Å². The monoisotopic (exact) mass is 418 g/mol. The van der Waals surface area contributed by atoms with Crippen molar-refractivity contribution in [3.63, 3.8) is 0 Å². The van der Waals surface area contributed by atoms with Gasteiger partial charge in [0.15, 0.2) is 11.2 Å². The molecule has 0 saturated carbocycles. The van der Waals surface area contributed by atoms with E-state index in [0.29, 0.717) is 17.5 Å². The van der Waals surface area contributed by atoms with Crippen LogP contribution < -0.4 is 10.7 Å². The van der Waals surface area contributed by atoms with Crippen LogP contribution in [-0.2, 0) is 5.41 Å². The Balaban J connectivity index is 1.54. The van der Waals surface area contributed by atoms with Crippen molar-refractivity contribution in [1.82, 2.24) is 10.2 Å². The third-order valence-electron chi connectivity index (χ3n) is 6.06. The van der Waals surface area contributed by atoms with Crippen molar-refractivity contribution in [3.8, 4) is 0 Å². The minimum Gasteiger partial charge on any atom is -0.451 e. The molecule has 3 aromatic rings. The van der Waals surface area contributed by atoms with E-state index in [9.17, 15) is 9.59 Å². The highest BCUT2D eigenvalue weighted by Gasteiger charge is 2.25. The molecular weight excluding hydrogens is 388 g/mol. The fourth-order valence-electron chi connectivity index (χ4n) is 4.21. The van der Waals surface area contributed by atoms with Crippen molar-refractivity contribution in [2.24, 2.45) is 0 Å². The molecule has 1 fully saturated rings. The second kappa shape index (κ2) is 8.67. The van der Waals surface area contributed by atoms with Crippen LogP contribution in [0.4, 0.5) is 0 Å². The highest BCUT2D eigenvalue weighted by Crippen LogP contribution is 2.28. The third-order valence-corrected chi connectivity index (χ3v) is 6.06. The van der Waals surface area contributed by atoms with Gasteiger partial charge in [-0.2, -0.15) is 0 Å². The van der Waals surface area contributed by atoms with E-state index in [2.05, 4.69) is 55.3 Å². The van der Waals surface area contributed by atoms with Crippen LogP contribution in [0.3, 0.4) is 0 Å². The molecule has 2 aromatic carbocycles. The molecule has 0 aliphatic carbocycles. The summed E-state index contributed by atoms with van der Waals surface area (Å²) in [5.41, 5.74) is 2.80. The zero-order chi connectivity index (χ0) is 22.0. The van der Waals surface area contributed by atoms with Crippen molar-refractivity contribution in [2.45, 2.75) is 45.1 Å². The Bertz CT molecular complexity index is 1120. The zero-order valence-electron chi connectivity index (χ0n) is 18.5. The lowest BCUT2D eigenvalue weighted by Crippen LogP contribution is -2.37. The van der Waals surface area contributed by atoms with Gasteiger partial charge < -0.3 is 9.73 Å². The Kier molecular flexibility index (Phi) is 5.96. The first kappa shape index (κ1) is 21.3. The third kappa shape index (κ3) is 4.72. The highest BCUT2D eigenvalue weighted by molar-refractivity contribution is 5.93. The van der Waals surface area contributed by atoms with Gasteiger partial charge in [0.05, 0.1) is 11.4 Å². The summed E-state index contributed by atoms with van der Waals surface area (Å²) in [6.07, 6.45) is 2.34. The van der Waals surface area contributed by atoms with Crippen LogP contribution in [0.2, 0.25) is 0 Å². The maximum atomic E-state index is 12.8. The molecule has 1 amide bonds. The maximum absolute atomic E-state index is 12.8. The molecule has 0 spiro atoms. The van der Waals surface area contributed by atoms with Gasteiger partial charge in [-0.1, -0.05) is 57.2 Å². The quantitative estimate of drug-likeness (QED) is 0.655. The Labute approximate surface area is 183 Å². The van der Waals surface area contributed by atoms with Crippen LogP contribution in [0, 0.1) is 0 Å². The van der Waals surface area contributed by atoms with Gasteiger partial charge in [-0.3, -0.25) is 14.5 Å². The average molecular weight is 419 g/mol. The summed E-state index contributed by atoms with van der Waals surface area (Å²) >= 11 is 0. The fraction of sp³-hybridized carbons (Fsp3) is 0.385. The lowest BCUT2D eigenvalue weighted by Gasteiger charge is -2.29. The van der Waals surface area contributed by atoms with Crippen LogP contribution in [-0.4, -0.2) is 30.4 Å². The van der Waals surface area contributed by atoms with Gasteiger partial charge in [0.2, 0.25) is 0 Å². The number of hydrogen-bond acceptors (Lipinski definition) is 4. The van der Waals surface area contributed by atoms with Gasteiger partial charge in [-0.05, 0) is 54.6 Å². The number of benzene rings is 2. The number of rotatable bonds is 5. The Hall–Kier alpha value is -2.92. The van der Waals surface area contributed by atoms with E-state index in [1.807, 2.05) is 0 Å². The topological polar surface area (TPSA) is 62.6 Å². The van der Waals surface area contributed by atoms with Crippen LogP contribution in [0.15, 0.2) is 63.8 Å². The number of likely N-dealkylation sites (tertiary alicyclic amines) is 1. The van der Waals surface area contributed by atoms with E-state index in [1.54, 1.807) is 24.3 Å². The number of hydrogen-bond donors (Lipinski definition) is 1. The Morgan fingerprint density at radius 1 is 1.06 bits per heavy atom. The molecule has 162 valence electrons. The minimum absolute atomic E-state index is 0.0481. The summed E-state index contributed by atoms with van der Waals surface area (Å²) in [5.74, 6) is -0.315. The molecule has 0 bridgehead atoms. The van der Waals surface area contributed by atoms with Gasteiger partial charge in [0, 0.05) is 12.6 Å². The summed E-state index contributed by atoms with van der Waals surface area (Å²) in [5, 5.41) is 3.48. The van der Waals surface area contributed by atoms with Gasteiger partial charge in [-0.25, -0.2) is 0 Å². The first-order chi connectivity index (χ1) is 14.8. The molecule has 1 unspecified atom stereocenters. The summed E-state index contributed by atoms with van der Waals surface area (Å²) in [6, 6.07) is 17.1. The zero-order valence-corrected chi connectivity index (χ0v) is 18.5. The lowest BCUT2D eigenvalue weighted by molar-refractivity contribution is 0.0910. The number of amides is 1. The molecular formula is C26H30N2O3. The van der Waals surface area contributed by atoms with Crippen LogP contribution >= 0.6 is 0 Å². The first-order valence-corrected chi connectivity index (χ1v) is 11.0. The largest absolute Gasteiger partial charge is 0.451 e. The maximum Gasteiger partial charge on any atom is 0.287 e. The summed E-state index contributed by atoms with van der Waals surface area (Å²) < 4.78 is 5.70. The van der Waals surface area contributed by atoms with Crippen molar-refractivity contribution < 1.29 is 9.21 Å². The second-order valence-electron chi connectivity index (χ2n) is 9.31. The van der Waals surface area contributed by atoms with E-state index >= 15 is 0 Å². The second-order valence-corrected chi connectivity index (χ2v) is 9.31. The van der Waals surface area contributed by atoms with Crippen molar-refractivity contribution >= 4 is 16.9 Å². The number of carbonyl (C=O) groups is 1. The molecule has 1 saturated heterocycles. The smallest absolute Gasteiger partial charge is 0.287 e. The van der Waals surface area contributed by atoms with Crippen LogP contribution in [0.25, 0.3) is 11.0 Å². The van der Waals surface area contributed by atoms with E-state index in [-0.39, 0.29) is 28.6 Å². The van der Waals surface area contributed by atoms with E-state index in [0.717, 1.165) is 13.1 Å². The number of nitrogens with one attached hydrogen (secondary N) is 1. The standard InChI is InChI=1S/C26H30N2O3/c1-26(2,3)19-12-10-18(11-13-19)21(28-14-6-7-15-28)17-27-25(30)24-16-22(29)20-8-4-5-9-23(20)31-24/h4-5,8-13,16,21H,6-7,14-15,17H2,1-3H3,(H,27,30). The van der Waals surface area contributed by atoms with Crippen LogP contribution in [0.5, 0.6) is 0 Å². The Morgan fingerprint density at radius 2 is 1.74 bits per heavy atom. The molecule has 0 radical (unpaired) electrons. The lowest BCUT2D eigenvalue weighted by atomic mass is 9.86. The van der Waals surface area contributed by atoms with Crippen molar-refractivity contribution in [1.29, 1.82) is 0 Å². The van der Waals surface area contributed by atoms with E-state index in [4.69, 9.17) is 4.42 Å². The molecule has 4 rings (SSSR count). The molecule has 31 heavy (non-hydrogen) atoms. The normalized spacial score (nSPS) is 15.8. The Morgan fingerprint density at radius 3 is 2.42 bits per heavy atom. The van der Waals surface area contributed by atoms with Crippen LogP contribution in [0.1, 0.15) is 61.3 Å². The molecule has 1 aliphatic heterocycles. The molecule has 1 aromatic heterocycles. The number of fused-ring (bicyclic) bond motifs is 1. The SMILES string of the molecule is CC(C)(C)c1ccc(C(CNC(=O)c2cc(=O)c3ccccc3o2)N2CCCC2)cc1. The number of nitrogens with zero attached hydrogens (tertiary/aromatic N) is 1. The van der Waals surface area contributed by atoms with Gasteiger partial charge in [-0.15, -0.1) is 0 Å². The fourth-order valence-corrected chi connectivity index (χ4v) is 4.21. The summed E-state index contributed by atoms with van der Waals surface area (Å²) in [4.78, 5) is 27.6. The predicted molar refractivity (Wildman–Crippen MR) is 124 cm³/mol. The highest BCUT2D eigenvalue weighted by atomic mass is 16.3.